The minimum atomic E-state index is -2.73. The number of hydroxylamine groups is 1. The van der Waals surface area contributed by atoms with Crippen LogP contribution in [0.1, 0.15) is 10.4 Å². The summed E-state index contributed by atoms with van der Waals surface area (Å²) in [4.78, 5) is 17.6. The van der Waals surface area contributed by atoms with Gasteiger partial charge in [-0.1, -0.05) is 0 Å². The first-order valence-corrected chi connectivity index (χ1v) is 4.57. The van der Waals surface area contributed by atoms with Crippen LogP contribution in [0, 0.1) is 0 Å². The topological polar surface area (TPSA) is 116 Å². The molecule has 0 amide bonds. The van der Waals surface area contributed by atoms with Gasteiger partial charge in [-0.3, -0.25) is 0 Å². The van der Waals surface area contributed by atoms with Crippen molar-refractivity contribution in [3.8, 4) is 0 Å². The summed E-state index contributed by atoms with van der Waals surface area (Å²) in [7, 11) is 1.27. The van der Waals surface area contributed by atoms with Gasteiger partial charge in [-0.25, -0.2) is 24.0 Å². The van der Waals surface area contributed by atoms with Gasteiger partial charge in [-0.15, -0.1) is 0 Å². The highest BCUT2D eigenvalue weighted by atomic mass is 32.2. The fourth-order valence-electron chi connectivity index (χ4n) is 0.719. The van der Waals surface area contributed by atoms with Crippen molar-refractivity contribution in [1.29, 1.82) is 0 Å². The van der Waals surface area contributed by atoms with E-state index in [0.717, 1.165) is 17.5 Å². The number of anilines is 1. The highest BCUT2D eigenvalue weighted by Gasteiger charge is 2.08. The van der Waals surface area contributed by atoms with Gasteiger partial charge in [0, 0.05) is 19.4 Å². The Morgan fingerprint density at radius 2 is 2.13 bits per heavy atom. The fraction of sp³-hybridized carbons (Fsp3) is 0.167. The Kier molecular flexibility index (Phi) is 3.66. The second-order valence-corrected chi connectivity index (χ2v) is 2.91. The molecule has 0 radical (unpaired) electrons. The molecule has 1 rings (SSSR count). The lowest BCUT2D eigenvalue weighted by Gasteiger charge is -2.16. The number of carbonyl (C=O) groups is 1. The van der Waals surface area contributed by atoms with E-state index in [2.05, 4.69) is 14.3 Å². The molecular weight excluding hydrogens is 226 g/mol. The normalized spacial score (nSPS) is 12.1. The molecule has 1 unspecified atom stereocenters. The van der Waals surface area contributed by atoms with Gasteiger partial charge in [0.25, 0.3) is 5.95 Å². The minimum Gasteiger partial charge on any atom is -0.748 e. The van der Waals surface area contributed by atoms with Crippen molar-refractivity contribution in [2.75, 3.05) is 12.1 Å². The Labute approximate surface area is 87.0 Å². The fourth-order valence-corrected chi connectivity index (χ4v) is 0.968. The van der Waals surface area contributed by atoms with Crippen LogP contribution in [0.15, 0.2) is 12.4 Å². The number of aromatic carboxylic acids is 1. The molecule has 1 aromatic heterocycles. The second kappa shape index (κ2) is 4.77. The van der Waals surface area contributed by atoms with Crippen molar-refractivity contribution in [2.45, 2.75) is 0 Å². The van der Waals surface area contributed by atoms with E-state index in [9.17, 15) is 13.6 Å². The first kappa shape index (κ1) is 11.5. The summed E-state index contributed by atoms with van der Waals surface area (Å²) in [5, 5.41) is 9.32. The quantitative estimate of drug-likeness (QED) is 0.537. The third-order valence-corrected chi connectivity index (χ3v) is 1.68. The molecule has 1 aromatic rings. The van der Waals surface area contributed by atoms with Crippen molar-refractivity contribution >= 4 is 23.3 Å². The van der Waals surface area contributed by atoms with E-state index in [1.165, 1.54) is 7.05 Å². The molecule has 0 aliphatic heterocycles. The molecular formula is C6H6N3O5S-. The van der Waals surface area contributed by atoms with Crippen LogP contribution in [-0.4, -0.2) is 36.9 Å². The highest BCUT2D eigenvalue weighted by molar-refractivity contribution is 7.74. The predicted octanol–water partition coefficient (Wildman–Crippen LogP) is -0.663. The summed E-state index contributed by atoms with van der Waals surface area (Å²) in [6, 6.07) is 0. The average Bonchev–Trinajstić information content (AvgIpc) is 2.17. The van der Waals surface area contributed by atoms with Crippen molar-refractivity contribution in [3.63, 3.8) is 0 Å². The van der Waals surface area contributed by atoms with Crippen LogP contribution in [0.5, 0.6) is 0 Å². The monoisotopic (exact) mass is 232 g/mol. The van der Waals surface area contributed by atoms with Crippen molar-refractivity contribution < 1.29 is 22.9 Å². The van der Waals surface area contributed by atoms with Gasteiger partial charge in [-0.05, 0) is 0 Å². The lowest BCUT2D eigenvalue weighted by Crippen LogP contribution is -2.21. The smallest absolute Gasteiger partial charge is 0.338 e. The van der Waals surface area contributed by atoms with Crippen LogP contribution in [0.2, 0.25) is 0 Å². The summed E-state index contributed by atoms with van der Waals surface area (Å²) < 4.78 is 24.5. The molecule has 0 bridgehead atoms. The number of hydrogen-bond donors (Lipinski definition) is 1. The number of aromatic nitrogens is 2. The van der Waals surface area contributed by atoms with E-state index in [-0.39, 0.29) is 11.5 Å². The Hall–Kier alpha value is -1.58. The molecule has 9 heteroatoms. The van der Waals surface area contributed by atoms with Gasteiger partial charge in [-0.2, -0.15) is 4.28 Å². The summed E-state index contributed by atoms with van der Waals surface area (Å²) in [5.41, 5.74) is -0.101. The molecule has 15 heavy (non-hydrogen) atoms. The Morgan fingerprint density at radius 1 is 1.60 bits per heavy atom. The Morgan fingerprint density at radius 3 is 2.53 bits per heavy atom. The molecule has 8 nitrogen and oxygen atoms in total. The first-order chi connectivity index (χ1) is 7.00. The zero-order valence-electron chi connectivity index (χ0n) is 7.48. The second-order valence-electron chi connectivity index (χ2n) is 2.35. The molecule has 0 aromatic carbocycles. The largest absolute Gasteiger partial charge is 0.748 e. The number of hydrogen-bond acceptors (Lipinski definition) is 7. The minimum absolute atomic E-state index is 0.0656. The van der Waals surface area contributed by atoms with Crippen LogP contribution >= 0.6 is 0 Å². The third-order valence-electron chi connectivity index (χ3n) is 1.34. The standard InChI is InChI=1S/C6H7N3O5S/c1-9(14-15(12)13)6-7-2-4(3-8-6)5(10)11/h2-3H,1H3,(H,10,11)(H,12,13)/p-1. The van der Waals surface area contributed by atoms with E-state index in [0.29, 0.717) is 0 Å². The van der Waals surface area contributed by atoms with E-state index in [4.69, 9.17) is 5.11 Å². The van der Waals surface area contributed by atoms with Crippen molar-refractivity contribution in [1.82, 2.24) is 9.97 Å². The van der Waals surface area contributed by atoms with Gasteiger partial charge in [0.15, 0.2) is 0 Å². The van der Waals surface area contributed by atoms with Crippen LogP contribution in [-0.2, 0) is 15.6 Å². The molecule has 0 saturated carbocycles. The molecule has 1 N–H and O–H groups in total. The lowest BCUT2D eigenvalue weighted by atomic mass is 10.4. The number of rotatable bonds is 4. The van der Waals surface area contributed by atoms with Gasteiger partial charge in [0.2, 0.25) is 0 Å². The van der Waals surface area contributed by atoms with Gasteiger partial charge in [0.1, 0.15) is 11.4 Å². The van der Waals surface area contributed by atoms with Crippen molar-refractivity contribution in [2.24, 2.45) is 0 Å². The zero-order chi connectivity index (χ0) is 11.4. The van der Waals surface area contributed by atoms with Gasteiger partial charge in [0.05, 0.1) is 5.56 Å². The summed E-state index contributed by atoms with van der Waals surface area (Å²) in [6.45, 7) is 0. The summed E-state index contributed by atoms with van der Waals surface area (Å²) in [6.07, 6.45) is 2.08. The van der Waals surface area contributed by atoms with Crippen LogP contribution in [0.4, 0.5) is 5.95 Å². The van der Waals surface area contributed by atoms with Crippen LogP contribution in [0.25, 0.3) is 0 Å². The lowest BCUT2D eigenvalue weighted by molar-refractivity contribution is 0.0696. The zero-order valence-corrected chi connectivity index (χ0v) is 8.30. The average molecular weight is 232 g/mol. The maximum Gasteiger partial charge on any atom is 0.338 e. The molecule has 0 spiro atoms. The molecule has 1 heterocycles. The molecule has 0 saturated heterocycles. The molecule has 0 aliphatic carbocycles. The summed E-state index contributed by atoms with van der Waals surface area (Å²) in [5.74, 6) is -1.23. The number of nitrogens with zero attached hydrogens (tertiary/aromatic N) is 3. The van der Waals surface area contributed by atoms with Crippen LogP contribution in [0.3, 0.4) is 0 Å². The first-order valence-electron chi connectivity index (χ1n) is 3.57. The van der Waals surface area contributed by atoms with E-state index in [1.54, 1.807) is 0 Å². The van der Waals surface area contributed by atoms with Gasteiger partial charge >= 0.3 is 5.97 Å². The molecule has 1 atom stereocenters. The highest BCUT2D eigenvalue weighted by Crippen LogP contribution is 2.05. The molecule has 0 fully saturated rings. The summed E-state index contributed by atoms with van der Waals surface area (Å²) >= 11 is -2.73. The number of carboxylic acids is 1. The maximum atomic E-state index is 10.4. The van der Waals surface area contributed by atoms with E-state index in [1.807, 2.05) is 0 Å². The van der Waals surface area contributed by atoms with E-state index >= 15 is 0 Å². The number of carboxylic acid groups (broad SMARTS) is 1. The SMILES string of the molecule is CN(OS(=O)[O-])c1ncc(C(=O)O)cn1. The third kappa shape index (κ3) is 3.23. The van der Waals surface area contributed by atoms with Gasteiger partial charge < -0.3 is 9.66 Å². The van der Waals surface area contributed by atoms with Crippen LogP contribution < -0.4 is 5.06 Å². The molecule has 0 aliphatic rings. The van der Waals surface area contributed by atoms with E-state index < -0.39 is 17.3 Å². The predicted molar refractivity (Wildman–Crippen MR) is 47.4 cm³/mol. The Bertz CT molecular complexity index is 381. The maximum absolute atomic E-state index is 10.4. The van der Waals surface area contributed by atoms with Crippen molar-refractivity contribution in [3.05, 3.63) is 18.0 Å². The molecule has 82 valence electrons. The Balaban J connectivity index is 2.79.